The van der Waals surface area contributed by atoms with Crippen molar-refractivity contribution < 1.29 is 0 Å². The molecule has 1 aliphatic heterocycles. The van der Waals surface area contributed by atoms with Gasteiger partial charge in [-0.25, -0.2) is 9.97 Å². The van der Waals surface area contributed by atoms with Gasteiger partial charge in [0.15, 0.2) is 5.82 Å². The molecule has 4 nitrogen and oxygen atoms in total. The third kappa shape index (κ3) is 5.99. The first-order valence-electron chi connectivity index (χ1n) is 21.3. The lowest BCUT2D eigenvalue weighted by atomic mass is 9.82. The summed E-state index contributed by atoms with van der Waals surface area (Å²) in [6.07, 6.45) is 6.93. The van der Waals surface area contributed by atoms with E-state index < -0.39 is 0 Å². The van der Waals surface area contributed by atoms with Gasteiger partial charge in [0.2, 0.25) is 0 Å². The van der Waals surface area contributed by atoms with E-state index in [0.717, 1.165) is 33.8 Å². The Labute approximate surface area is 361 Å². The number of rotatable bonds is 7. The summed E-state index contributed by atoms with van der Waals surface area (Å²) in [6, 6.07) is 76.0. The van der Waals surface area contributed by atoms with Crippen molar-refractivity contribution in [2.45, 2.75) is 12.0 Å². The first-order chi connectivity index (χ1) is 30.8. The van der Waals surface area contributed by atoms with Crippen molar-refractivity contribution in [1.29, 1.82) is 0 Å². The highest BCUT2D eigenvalue weighted by Crippen LogP contribution is 2.55. The number of aromatic nitrogens is 3. The lowest BCUT2D eigenvalue weighted by Crippen LogP contribution is -2.32. The maximum absolute atomic E-state index is 5.11. The van der Waals surface area contributed by atoms with Crippen molar-refractivity contribution in [3.05, 3.63) is 242 Å². The van der Waals surface area contributed by atoms with E-state index in [-0.39, 0.29) is 12.0 Å². The number of hydrogen-bond donors (Lipinski definition) is 0. The van der Waals surface area contributed by atoms with Crippen LogP contribution in [0.15, 0.2) is 231 Å². The predicted octanol–water partition coefficient (Wildman–Crippen LogP) is 14.5. The summed E-state index contributed by atoms with van der Waals surface area (Å²) in [5.41, 5.74) is 17.1. The van der Waals surface area contributed by atoms with E-state index in [2.05, 4.69) is 228 Å². The van der Waals surface area contributed by atoms with Crippen molar-refractivity contribution in [2.24, 2.45) is 0 Å². The SMILES string of the molecule is C1=CC2c3cccc(-c4ccc(-n5c6ccccc6c6ccccc65)cc4)c3N(c3ccccc3)C2C(c2ccc(-c3nc(-c4ccccc4)cc(-c4ccccc4)n3)cc2)=C1. The third-order valence-corrected chi connectivity index (χ3v) is 12.6. The molecule has 62 heavy (non-hydrogen) atoms. The zero-order valence-electron chi connectivity index (χ0n) is 33.9. The number of hydrogen-bond acceptors (Lipinski definition) is 3. The molecule has 0 saturated carbocycles. The molecule has 0 fully saturated rings. The summed E-state index contributed by atoms with van der Waals surface area (Å²) >= 11 is 0. The molecule has 3 heterocycles. The minimum absolute atomic E-state index is 0.0589. The molecule has 0 radical (unpaired) electrons. The summed E-state index contributed by atoms with van der Waals surface area (Å²) in [4.78, 5) is 12.8. The molecule has 292 valence electrons. The van der Waals surface area contributed by atoms with Crippen LogP contribution in [0.25, 0.3) is 78.1 Å². The molecule has 0 saturated heterocycles. The van der Waals surface area contributed by atoms with Crippen molar-refractivity contribution in [3.8, 4) is 50.7 Å². The Hall–Kier alpha value is -8.08. The van der Waals surface area contributed by atoms with Crippen molar-refractivity contribution in [3.63, 3.8) is 0 Å². The van der Waals surface area contributed by atoms with E-state index in [1.807, 2.05) is 12.1 Å². The molecule has 2 unspecified atom stereocenters. The Morgan fingerprint density at radius 2 is 0.968 bits per heavy atom. The number of allylic oxidation sites excluding steroid dienone is 2. The Morgan fingerprint density at radius 3 is 1.60 bits per heavy atom. The molecule has 0 spiro atoms. The zero-order valence-corrected chi connectivity index (χ0v) is 33.9. The first kappa shape index (κ1) is 35.8. The van der Waals surface area contributed by atoms with Crippen LogP contribution >= 0.6 is 0 Å². The quantitative estimate of drug-likeness (QED) is 0.161. The second-order valence-electron chi connectivity index (χ2n) is 16.1. The fourth-order valence-electron chi connectivity index (χ4n) is 9.76. The van der Waals surface area contributed by atoms with Gasteiger partial charge >= 0.3 is 0 Å². The number of benzene rings is 8. The molecule has 2 aromatic heterocycles. The number of nitrogens with zero attached hydrogens (tertiary/aromatic N) is 4. The Balaban J connectivity index is 0.928. The summed E-state index contributed by atoms with van der Waals surface area (Å²) < 4.78 is 2.39. The minimum atomic E-state index is 0.0589. The molecule has 8 aromatic carbocycles. The van der Waals surface area contributed by atoms with Gasteiger partial charge < -0.3 is 9.47 Å². The van der Waals surface area contributed by atoms with Crippen LogP contribution in [-0.4, -0.2) is 20.6 Å². The Kier molecular flexibility index (Phi) is 8.60. The molecule has 12 rings (SSSR count). The van der Waals surface area contributed by atoms with Crippen LogP contribution in [0.2, 0.25) is 0 Å². The average molecular weight is 793 g/mol. The monoisotopic (exact) mass is 792 g/mol. The highest BCUT2D eigenvalue weighted by atomic mass is 15.2. The van der Waals surface area contributed by atoms with Gasteiger partial charge in [0, 0.05) is 50.3 Å². The molecular weight excluding hydrogens is 753 g/mol. The molecule has 0 N–H and O–H groups in total. The summed E-state index contributed by atoms with van der Waals surface area (Å²) in [7, 11) is 0. The van der Waals surface area contributed by atoms with Gasteiger partial charge in [0.1, 0.15) is 0 Å². The van der Waals surface area contributed by atoms with Crippen LogP contribution < -0.4 is 4.90 Å². The topological polar surface area (TPSA) is 34.0 Å². The molecular formula is C58H40N4. The summed E-state index contributed by atoms with van der Waals surface area (Å²) in [5, 5.41) is 2.53. The first-order valence-corrected chi connectivity index (χ1v) is 21.3. The van der Waals surface area contributed by atoms with E-state index in [9.17, 15) is 0 Å². The molecule has 4 heteroatoms. The van der Waals surface area contributed by atoms with Crippen LogP contribution in [-0.2, 0) is 0 Å². The second-order valence-corrected chi connectivity index (χ2v) is 16.1. The second kappa shape index (κ2) is 14.9. The van der Waals surface area contributed by atoms with Gasteiger partial charge in [0.05, 0.1) is 34.2 Å². The van der Waals surface area contributed by atoms with E-state index in [0.29, 0.717) is 5.82 Å². The van der Waals surface area contributed by atoms with Crippen LogP contribution in [0.3, 0.4) is 0 Å². The standard InChI is InChI=1S/C58H40N4/c1-4-16-41(17-5-1)52-38-53(42-18-6-2-7-19-42)60-58(59-52)43-32-30-39(31-33-43)46-24-14-26-50-51-27-15-25-47(57(51)62(56(46)50)44-20-8-3-9-21-44)40-34-36-45(37-35-40)61-54-28-12-10-22-48(54)49-23-11-13-29-55(49)61/h1-38,50,56H. The summed E-state index contributed by atoms with van der Waals surface area (Å²) in [5.74, 6) is 0.876. The highest BCUT2D eigenvalue weighted by Gasteiger charge is 2.42. The van der Waals surface area contributed by atoms with Crippen LogP contribution in [0, 0.1) is 0 Å². The molecule has 0 amide bonds. The average Bonchev–Trinajstić information content (AvgIpc) is 3.88. The largest absolute Gasteiger partial charge is 0.332 e. The Bertz CT molecular complexity index is 3220. The molecule has 10 aromatic rings. The van der Waals surface area contributed by atoms with Gasteiger partial charge in [-0.15, -0.1) is 0 Å². The van der Waals surface area contributed by atoms with E-state index in [4.69, 9.17) is 9.97 Å². The van der Waals surface area contributed by atoms with Crippen LogP contribution in [0.4, 0.5) is 11.4 Å². The van der Waals surface area contributed by atoms with Gasteiger partial charge in [0.25, 0.3) is 0 Å². The van der Waals surface area contributed by atoms with E-state index in [1.54, 1.807) is 0 Å². The van der Waals surface area contributed by atoms with Gasteiger partial charge in [-0.1, -0.05) is 188 Å². The van der Waals surface area contributed by atoms with Gasteiger partial charge in [-0.05, 0) is 64.7 Å². The number of fused-ring (bicyclic) bond motifs is 6. The molecule has 0 bridgehead atoms. The van der Waals surface area contributed by atoms with Crippen LogP contribution in [0.1, 0.15) is 17.0 Å². The van der Waals surface area contributed by atoms with Gasteiger partial charge in [-0.3, -0.25) is 0 Å². The summed E-state index contributed by atoms with van der Waals surface area (Å²) in [6.45, 7) is 0. The van der Waals surface area contributed by atoms with Crippen molar-refractivity contribution >= 4 is 38.8 Å². The smallest absolute Gasteiger partial charge is 0.160 e. The van der Waals surface area contributed by atoms with Gasteiger partial charge in [-0.2, -0.15) is 0 Å². The van der Waals surface area contributed by atoms with Crippen LogP contribution in [0.5, 0.6) is 0 Å². The Morgan fingerprint density at radius 1 is 0.419 bits per heavy atom. The fourth-order valence-corrected chi connectivity index (χ4v) is 9.76. The lowest BCUT2D eigenvalue weighted by Gasteiger charge is -2.34. The van der Waals surface area contributed by atoms with E-state index >= 15 is 0 Å². The molecule has 2 aliphatic rings. The normalized spacial score (nSPS) is 15.4. The maximum Gasteiger partial charge on any atom is 0.160 e. The number of anilines is 2. The maximum atomic E-state index is 5.11. The lowest BCUT2D eigenvalue weighted by molar-refractivity contribution is 0.761. The molecule has 1 aliphatic carbocycles. The minimum Gasteiger partial charge on any atom is -0.332 e. The third-order valence-electron chi connectivity index (χ3n) is 12.6. The number of para-hydroxylation sites is 4. The predicted molar refractivity (Wildman–Crippen MR) is 257 cm³/mol. The zero-order chi connectivity index (χ0) is 41.0. The van der Waals surface area contributed by atoms with E-state index in [1.165, 1.54) is 61.0 Å². The van der Waals surface area contributed by atoms with Crippen molar-refractivity contribution in [2.75, 3.05) is 4.90 Å². The van der Waals surface area contributed by atoms with Crippen molar-refractivity contribution in [1.82, 2.24) is 14.5 Å². The fraction of sp³-hybridized carbons (Fsp3) is 0.0345. The highest BCUT2D eigenvalue weighted by molar-refractivity contribution is 6.09. The molecule has 2 atom stereocenters.